The van der Waals surface area contributed by atoms with Crippen LogP contribution in [-0.4, -0.2) is 19.6 Å². The summed E-state index contributed by atoms with van der Waals surface area (Å²) in [5.74, 6) is 0. The molecule has 11 heteroatoms. The van der Waals surface area contributed by atoms with Crippen LogP contribution >= 0.6 is 23.2 Å². The van der Waals surface area contributed by atoms with Crippen molar-refractivity contribution in [3.05, 3.63) is 63.1 Å². The van der Waals surface area contributed by atoms with Gasteiger partial charge in [-0.25, -0.2) is 0 Å². The molecule has 31 heavy (non-hydrogen) atoms. The molecule has 1 N–H and O–H groups in total. The molecule has 0 aliphatic carbocycles. The number of alkyl halides is 3. The fourth-order valence-corrected chi connectivity index (χ4v) is 3.49. The van der Waals surface area contributed by atoms with Gasteiger partial charge in [0.25, 0.3) is 0 Å². The molecule has 0 amide bonds. The van der Waals surface area contributed by atoms with Gasteiger partial charge in [-0.05, 0) is 45.0 Å². The number of anilines is 1. The highest BCUT2D eigenvalue weighted by Gasteiger charge is 2.46. The van der Waals surface area contributed by atoms with Crippen LogP contribution in [0, 0.1) is 6.92 Å². The number of benzene rings is 2. The average molecular weight is 499 g/mol. The van der Waals surface area contributed by atoms with E-state index in [1.165, 1.54) is 25.1 Å². The molecule has 1 unspecified atom stereocenters. The number of hydrogen-bond acceptors (Lipinski definition) is 4. The van der Waals surface area contributed by atoms with Gasteiger partial charge in [0.1, 0.15) is 0 Å². The fraction of sp³-hybridized carbons (Fsp3) is 0.350. The number of oxime groups is 1. The summed E-state index contributed by atoms with van der Waals surface area (Å²) in [6, 6.07) is 9.03. The summed E-state index contributed by atoms with van der Waals surface area (Å²) in [5.41, 5.74) is -4.10. The van der Waals surface area contributed by atoms with Gasteiger partial charge in [0.2, 0.25) is 0 Å². The Morgan fingerprint density at radius 1 is 1.13 bits per heavy atom. The number of aryl methyl sites for hydroxylation is 1. The van der Waals surface area contributed by atoms with Gasteiger partial charge in [0, 0.05) is 21.2 Å². The summed E-state index contributed by atoms with van der Waals surface area (Å²) in [6.07, 6.45) is -0.588. The van der Waals surface area contributed by atoms with Crippen LogP contribution in [0.3, 0.4) is 0 Å². The summed E-state index contributed by atoms with van der Waals surface area (Å²) in [4.78, 5) is 5.42. The smallest absolute Gasteiger partial charge is 0.388 e. The molecule has 2 aromatic rings. The first-order valence-electron chi connectivity index (χ1n) is 9.17. The molecule has 2 rings (SSSR count). The molecule has 0 heterocycles. The zero-order valence-electron chi connectivity index (χ0n) is 17.5. The Bertz CT molecular complexity index is 1040. The molecule has 2 aromatic carbocycles. The third-order valence-corrected chi connectivity index (χ3v) is 5.52. The van der Waals surface area contributed by atoms with Crippen LogP contribution in [0.2, 0.25) is 10.0 Å². The van der Waals surface area contributed by atoms with E-state index in [0.717, 1.165) is 0 Å². The van der Waals surface area contributed by atoms with Crippen molar-refractivity contribution >= 4 is 44.6 Å². The summed E-state index contributed by atoms with van der Waals surface area (Å²) in [5, 5.41) is 4.76. The maximum Gasteiger partial charge on any atom is 0.516 e. The van der Waals surface area contributed by atoms with Crippen LogP contribution in [0.1, 0.15) is 50.5 Å². The zero-order chi connectivity index (χ0) is 24.0. The summed E-state index contributed by atoms with van der Waals surface area (Å²) >= 11 is 12.0. The zero-order valence-corrected chi connectivity index (χ0v) is 19.8. The predicted octanol–water partition coefficient (Wildman–Crippen LogP) is 7.09. The van der Waals surface area contributed by atoms with Crippen LogP contribution in [-0.2, 0) is 14.9 Å². The van der Waals surface area contributed by atoms with Gasteiger partial charge < -0.3 is 4.84 Å². The Kier molecular flexibility index (Phi) is 9.66. The van der Waals surface area contributed by atoms with E-state index in [-0.39, 0.29) is 17.0 Å². The van der Waals surface area contributed by atoms with Crippen LogP contribution in [0.5, 0.6) is 0 Å². The standard InChI is InChI=1S/C18H17Cl2F3N2O3S.C2H6/c1-10-4-7-17(25-29(26,27)18(21,22)23)15(8-10)11(2)24-28-12(3)14-6-5-13(19)9-16(14)20;1-2/h4-9,12,25H,1-3H3;1-2H3/b24-11+;. The van der Waals surface area contributed by atoms with Crippen molar-refractivity contribution in [3.8, 4) is 0 Å². The number of nitrogens with one attached hydrogen (secondary N) is 1. The molecule has 1 atom stereocenters. The highest BCUT2D eigenvalue weighted by Crippen LogP contribution is 2.30. The second-order valence-electron chi connectivity index (χ2n) is 6.19. The Hall–Kier alpha value is -1.97. The lowest BCUT2D eigenvalue weighted by Crippen LogP contribution is -2.30. The second-order valence-corrected chi connectivity index (χ2v) is 8.71. The number of halogens is 5. The minimum atomic E-state index is -5.58. The molecule has 172 valence electrons. The van der Waals surface area contributed by atoms with Gasteiger partial charge in [0.05, 0.1) is 11.4 Å². The molecule has 0 aromatic heterocycles. The third kappa shape index (κ3) is 7.29. The van der Waals surface area contributed by atoms with Crippen molar-refractivity contribution in [2.75, 3.05) is 4.72 Å². The van der Waals surface area contributed by atoms with E-state index in [0.29, 0.717) is 21.2 Å². The minimum Gasteiger partial charge on any atom is -0.388 e. The molecule has 0 saturated heterocycles. The van der Waals surface area contributed by atoms with Crippen molar-refractivity contribution in [2.24, 2.45) is 5.16 Å². The molecule has 0 fully saturated rings. The number of sulfonamides is 1. The lowest BCUT2D eigenvalue weighted by atomic mass is 10.1. The van der Waals surface area contributed by atoms with Crippen LogP contribution in [0.25, 0.3) is 0 Å². The lowest BCUT2D eigenvalue weighted by molar-refractivity contribution is -0.0429. The molecule has 5 nitrogen and oxygen atoms in total. The highest BCUT2D eigenvalue weighted by molar-refractivity contribution is 7.93. The van der Waals surface area contributed by atoms with Gasteiger partial charge in [-0.15, -0.1) is 0 Å². The largest absolute Gasteiger partial charge is 0.516 e. The van der Waals surface area contributed by atoms with Crippen molar-refractivity contribution in [1.29, 1.82) is 0 Å². The van der Waals surface area contributed by atoms with E-state index in [1.807, 2.05) is 13.8 Å². The molecule has 0 saturated carbocycles. The first-order chi connectivity index (χ1) is 14.3. The van der Waals surface area contributed by atoms with Gasteiger partial charge in [-0.3, -0.25) is 4.72 Å². The van der Waals surface area contributed by atoms with E-state index in [1.54, 1.807) is 36.8 Å². The van der Waals surface area contributed by atoms with E-state index < -0.39 is 21.6 Å². The first-order valence-corrected chi connectivity index (χ1v) is 11.4. The van der Waals surface area contributed by atoms with Crippen LogP contribution in [0.4, 0.5) is 18.9 Å². The normalized spacial score (nSPS) is 13.2. The lowest BCUT2D eigenvalue weighted by Gasteiger charge is -2.16. The van der Waals surface area contributed by atoms with Crippen molar-refractivity contribution in [1.82, 2.24) is 0 Å². The third-order valence-electron chi connectivity index (χ3n) is 3.86. The SMILES string of the molecule is C/C(=N\OC(C)c1ccc(Cl)cc1Cl)c1cc(C)ccc1NS(=O)(=O)C(F)(F)F.CC. The Morgan fingerprint density at radius 2 is 1.74 bits per heavy atom. The van der Waals surface area contributed by atoms with E-state index in [4.69, 9.17) is 28.0 Å². The predicted molar refractivity (Wildman–Crippen MR) is 119 cm³/mol. The monoisotopic (exact) mass is 498 g/mol. The summed E-state index contributed by atoms with van der Waals surface area (Å²) in [7, 11) is -5.58. The molecular formula is C20H23Cl2F3N2O3S. The Labute approximate surface area is 190 Å². The molecular weight excluding hydrogens is 476 g/mol. The summed E-state index contributed by atoms with van der Waals surface area (Å²) in [6.45, 7) is 8.86. The van der Waals surface area contributed by atoms with Crippen LogP contribution in [0.15, 0.2) is 41.6 Å². The number of hydrogen-bond donors (Lipinski definition) is 1. The minimum absolute atomic E-state index is 0.146. The van der Waals surface area contributed by atoms with E-state index >= 15 is 0 Å². The molecule has 0 radical (unpaired) electrons. The van der Waals surface area contributed by atoms with Crippen molar-refractivity contribution in [2.45, 2.75) is 46.2 Å². The Balaban J connectivity index is 0.00000233. The molecule has 0 bridgehead atoms. The van der Waals surface area contributed by atoms with Crippen LogP contribution < -0.4 is 4.72 Å². The van der Waals surface area contributed by atoms with Gasteiger partial charge in [-0.1, -0.05) is 59.9 Å². The van der Waals surface area contributed by atoms with Crippen molar-refractivity contribution in [3.63, 3.8) is 0 Å². The fourth-order valence-electron chi connectivity index (χ4n) is 2.34. The van der Waals surface area contributed by atoms with Gasteiger partial charge >= 0.3 is 15.5 Å². The van der Waals surface area contributed by atoms with E-state index in [9.17, 15) is 21.6 Å². The molecule has 0 spiro atoms. The first kappa shape index (κ1) is 27.1. The highest BCUT2D eigenvalue weighted by atomic mass is 35.5. The summed E-state index contributed by atoms with van der Waals surface area (Å²) < 4.78 is 62.6. The van der Waals surface area contributed by atoms with Gasteiger partial charge in [-0.2, -0.15) is 21.6 Å². The maximum absolute atomic E-state index is 12.7. The molecule has 0 aliphatic rings. The topological polar surface area (TPSA) is 67.8 Å². The van der Waals surface area contributed by atoms with Crippen molar-refractivity contribution < 1.29 is 26.4 Å². The second kappa shape index (κ2) is 11.1. The average Bonchev–Trinajstić information content (AvgIpc) is 2.67. The van der Waals surface area contributed by atoms with Gasteiger partial charge in [0.15, 0.2) is 6.10 Å². The maximum atomic E-state index is 12.7. The quantitative estimate of drug-likeness (QED) is 0.341. The van der Waals surface area contributed by atoms with E-state index in [2.05, 4.69) is 5.16 Å². The number of nitrogens with zero attached hydrogens (tertiary/aromatic N) is 1. The Morgan fingerprint density at radius 3 is 2.29 bits per heavy atom. The molecule has 0 aliphatic heterocycles. The number of rotatable bonds is 6.